The van der Waals surface area contributed by atoms with E-state index in [2.05, 4.69) is 5.32 Å². The molecular weight excluding hydrogens is 388 g/mol. The summed E-state index contributed by atoms with van der Waals surface area (Å²) in [7, 11) is 1.29. The lowest BCUT2D eigenvalue weighted by Crippen LogP contribution is -2.54. The second-order valence-corrected chi connectivity index (χ2v) is 7.23. The minimum Gasteiger partial charge on any atom is -0.476 e. The molecule has 1 aliphatic rings. The third kappa shape index (κ3) is 4.71. The molecule has 2 aromatic carbocycles. The molecule has 0 aromatic heterocycles. The van der Waals surface area contributed by atoms with Gasteiger partial charge in [-0.05, 0) is 37.6 Å². The molecule has 0 unspecified atom stereocenters. The molecule has 158 valence electrons. The third-order valence-electron chi connectivity index (χ3n) is 4.61. The number of benzene rings is 2. The lowest BCUT2D eigenvalue weighted by atomic mass is 10.0. The molecule has 8 nitrogen and oxygen atoms in total. The zero-order valence-electron chi connectivity index (χ0n) is 17.1. The van der Waals surface area contributed by atoms with E-state index >= 15 is 0 Å². The molecule has 30 heavy (non-hydrogen) atoms. The Kier molecular flexibility index (Phi) is 6.25. The van der Waals surface area contributed by atoms with Crippen molar-refractivity contribution in [2.24, 2.45) is 0 Å². The number of carbonyl (C=O) groups excluding carboxylic acids is 3. The predicted molar refractivity (Wildman–Crippen MR) is 109 cm³/mol. The fourth-order valence-corrected chi connectivity index (χ4v) is 3.08. The average molecular weight is 412 g/mol. The molecule has 2 aromatic rings. The van der Waals surface area contributed by atoms with Gasteiger partial charge in [-0.15, -0.1) is 0 Å². The van der Waals surface area contributed by atoms with E-state index in [1.165, 1.54) is 12.0 Å². The number of ether oxygens (including phenoxy) is 3. The van der Waals surface area contributed by atoms with Gasteiger partial charge >= 0.3 is 12.1 Å². The Morgan fingerprint density at radius 1 is 1.13 bits per heavy atom. The van der Waals surface area contributed by atoms with Gasteiger partial charge in [0.15, 0.2) is 5.60 Å². The van der Waals surface area contributed by atoms with Gasteiger partial charge in [-0.3, -0.25) is 4.79 Å². The van der Waals surface area contributed by atoms with Crippen LogP contribution in [-0.2, 0) is 20.9 Å². The fraction of sp³-hybridized carbons (Fsp3) is 0.318. The van der Waals surface area contributed by atoms with Gasteiger partial charge in [0.25, 0.3) is 5.91 Å². The van der Waals surface area contributed by atoms with Crippen LogP contribution in [0.5, 0.6) is 5.75 Å². The van der Waals surface area contributed by atoms with E-state index in [1.807, 2.05) is 30.3 Å². The highest BCUT2D eigenvalue weighted by Crippen LogP contribution is 2.38. The average Bonchev–Trinajstić information content (AvgIpc) is 2.74. The summed E-state index contributed by atoms with van der Waals surface area (Å²) in [5.41, 5.74) is 0.546. The summed E-state index contributed by atoms with van der Waals surface area (Å²) in [6.45, 7) is 3.84. The van der Waals surface area contributed by atoms with Crippen LogP contribution < -0.4 is 15.0 Å². The first-order valence-corrected chi connectivity index (χ1v) is 9.50. The minimum absolute atomic E-state index is 0.154. The molecular formula is C22H24N2O6. The van der Waals surface area contributed by atoms with Crippen LogP contribution >= 0.6 is 0 Å². The fourth-order valence-electron chi connectivity index (χ4n) is 3.08. The maximum Gasteiger partial charge on any atom is 0.407 e. The SMILES string of the molecule is COC(=O)c1ccc2c(c1)N(CCNC(=O)OCc1ccccc1)C(=O)C(C)(C)O2. The van der Waals surface area contributed by atoms with Crippen molar-refractivity contribution in [3.05, 3.63) is 59.7 Å². The summed E-state index contributed by atoms with van der Waals surface area (Å²) in [4.78, 5) is 38.2. The third-order valence-corrected chi connectivity index (χ3v) is 4.61. The lowest BCUT2D eigenvalue weighted by Gasteiger charge is -2.39. The maximum absolute atomic E-state index is 12.9. The quantitative estimate of drug-likeness (QED) is 0.734. The van der Waals surface area contributed by atoms with Crippen LogP contribution in [0.3, 0.4) is 0 Å². The number of hydrogen-bond donors (Lipinski definition) is 1. The molecule has 0 atom stereocenters. The zero-order chi connectivity index (χ0) is 21.7. The van der Waals surface area contributed by atoms with E-state index < -0.39 is 17.7 Å². The molecule has 0 saturated carbocycles. The highest BCUT2D eigenvalue weighted by Gasteiger charge is 2.41. The Bertz CT molecular complexity index is 942. The summed E-state index contributed by atoms with van der Waals surface area (Å²) >= 11 is 0. The number of alkyl carbamates (subject to hydrolysis) is 1. The second kappa shape index (κ2) is 8.86. The number of fused-ring (bicyclic) bond motifs is 1. The molecule has 0 aliphatic carbocycles. The minimum atomic E-state index is -1.08. The summed E-state index contributed by atoms with van der Waals surface area (Å²) in [5.74, 6) is -0.326. The van der Waals surface area contributed by atoms with Gasteiger partial charge in [-0.25, -0.2) is 9.59 Å². The number of hydrogen-bond acceptors (Lipinski definition) is 6. The summed E-state index contributed by atoms with van der Waals surface area (Å²) in [5, 5.41) is 2.64. The van der Waals surface area contributed by atoms with Crippen molar-refractivity contribution in [1.82, 2.24) is 5.32 Å². The van der Waals surface area contributed by atoms with E-state index in [0.717, 1.165) is 5.56 Å². The molecule has 0 saturated heterocycles. The van der Waals surface area contributed by atoms with Crippen LogP contribution in [0.15, 0.2) is 48.5 Å². The van der Waals surface area contributed by atoms with E-state index in [0.29, 0.717) is 17.0 Å². The van der Waals surface area contributed by atoms with Gasteiger partial charge in [-0.2, -0.15) is 0 Å². The first kappa shape index (κ1) is 21.2. The smallest absolute Gasteiger partial charge is 0.407 e. The predicted octanol–water partition coefficient (Wildman–Crippen LogP) is 2.90. The van der Waals surface area contributed by atoms with Gasteiger partial charge < -0.3 is 24.4 Å². The molecule has 1 N–H and O–H groups in total. The normalized spacial score (nSPS) is 14.4. The van der Waals surface area contributed by atoms with Crippen molar-refractivity contribution in [2.45, 2.75) is 26.1 Å². The second-order valence-electron chi connectivity index (χ2n) is 7.23. The Hall–Kier alpha value is -3.55. The van der Waals surface area contributed by atoms with Crippen LogP contribution in [-0.4, -0.2) is 43.8 Å². The number of nitrogens with zero attached hydrogens (tertiary/aromatic N) is 1. The van der Waals surface area contributed by atoms with Crippen molar-refractivity contribution in [1.29, 1.82) is 0 Å². The Labute approximate surface area is 174 Å². The molecule has 0 radical (unpaired) electrons. The van der Waals surface area contributed by atoms with Crippen LogP contribution in [0.1, 0.15) is 29.8 Å². The number of amides is 2. The van der Waals surface area contributed by atoms with Crippen molar-refractivity contribution in [3.8, 4) is 5.75 Å². The highest BCUT2D eigenvalue weighted by atomic mass is 16.5. The molecule has 3 rings (SSSR count). The van der Waals surface area contributed by atoms with Crippen LogP contribution in [0.25, 0.3) is 0 Å². The number of carbonyl (C=O) groups is 3. The molecule has 1 heterocycles. The van der Waals surface area contributed by atoms with E-state index in [-0.39, 0.29) is 25.6 Å². The first-order valence-electron chi connectivity index (χ1n) is 9.50. The van der Waals surface area contributed by atoms with Crippen molar-refractivity contribution >= 4 is 23.7 Å². The zero-order valence-corrected chi connectivity index (χ0v) is 17.1. The van der Waals surface area contributed by atoms with Crippen LogP contribution in [0.4, 0.5) is 10.5 Å². The molecule has 0 bridgehead atoms. The molecule has 0 spiro atoms. The molecule has 2 amide bonds. The first-order chi connectivity index (χ1) is 14.3. The molecule has 0 fully saturated rings. The number of methoxy groups -OCH3 is 1. The number of rotatable bonds is 6. The highest BCUT2D eigenvalue weighted by molar-refractivity contribution is 6.03. The van der Waals surface area contributed by atoms with Gasteiger partial charge in [0.1, 0.15) is 12.4 Å². The monoisotopic (exact) mass is 412 g/mol. The lowest BCUT2D eigenvalue weighted by molar-refractivity contribution is -0.132. The Morgan fingerprint density at radius 2 is 1.87 bits per heavy atom. The maximum atomic E-state index is 12.9. The number of nitrogens with one attached hydrogen (secondary N) is 1. The molecule has 1 aliphatic heterocycles. The number of anilines is 1. The Morgan fingerprint density at radius 3 is 2.57 bits per heavy atom. The van der Waals surface area contributed by atoms with E-state index in [4.69, 9.17) is 14.2 Å². The molecule has 8 heteroatoms. The van der Waals surface area contributed by atoms with Crippen molar-refractivity contribution < 1.29 is 28.6 Å². The standard InChI is InChI=1S/C22H24N2O6/c1-22(2)20(26)24(17-13-16(19(25)28-3)9-10-18(17)30-22)12-11-23-21(27)29-14-15-7-5-4-6-8-15/h4-10,13H,11-12,14H2,1-3H3,(H,23,27). The largest absolute Gasteiger partial charge is 0.476 e. The topological polar surface area (TPSA) is 94.2 Å². The van der Waals surface area contributed by atoms with Crippen molar-refractivity contribution in [2.75, 3.05) is 25.1 Å². The van der Waals surface area contributed by atoms with Crippen molar-refractivity contribution in [3.63, 3.8) is 0 Å². The van der Waals surface area contributed by atoms with Crippen LogP contribution in [0, 0.1) is 0 Å². The van der Waals surface area contributed by atoms with Gasteiger partial charge in [0.2, 0.25) is 0 Å². The van der Waals surface area contributed by atoms with Gasteiger partial charge in [0, 0.05) is 13.1 Å². The summed E-state index contributed by atoms with van der Waals surface area (Å²) in [6, 6.07) is 14.1. The van der Waals surface area contributed by atoms with E-state index in [9.17, 15) is 14.4 Å². The van der Waals surface area contributed by atoms with E-state index in [1.54, 1.807) is 32.0 Å². The van der Waals surface area contributed by atoms with Gasteiger partial charge in [0.05, 0.1) is 18.4 Å². The van der Waals surface area contributed by atoms with Gasteiger partial charge in [-0.1, -0.05) is 30.3 Å². The Balaban J connectivity index is 1.66. The summed E-state index contributed by atoms with van der Waals surface area (Å²) < 4.78 is 15.7. The summed E-state index contributed by atoms with van der Waals surface area (Å²) in [6.07, 6.45) is -0.581. The van der Waals surface area contributed by atoms with Crippen LogP contribution in [0.2, 0.25) is 0 Å². The number of esters is 1.